The number of amides is 2. The van der Waals surface area contributed by atoms with E-state index >= 15 is 0 Å². The Morgan fingerprint density at radius 2 is 1.95 bits per heavy atom. The number of thiophene rings is 1. The lowest BCUT2D eigenvalue weighted by molar-refractivity contribution is -0.131. The third kappa shape index (κ3) is 4.98. The smallest absolute Gasteiger partial charge is 0.254 e. The van der Waals surface area contributed by atoms with Crippen LogP contribution < -0.4 is 5.73 Å². The van der Waals surface area contributed by atoms with E-state index in [1.54, 1.807) is 0 Å². The van der Waals surface area contributed by atoms with Gasteiger partial charge in [-0.2, -0.15) is 11.3 Å². The minimum absolute atomic E-state index is 0. The maximum atomic E-state index is 12.3. The lowest BCUT2D eigenvalue weighted by Gasteiger charge is -2.22. The second-order valence-electron chi connectivity index (χ2n) is 5.22. The monoisotopic (exact) mass is 331 g/mol. The van der Waals surface area contributed by atoms with Crippen LogP contribution in [0.5, 0.6) is 0 Å². The summed E-state index contributed by atoms with van der Waals surface area (Å²) in [6.45, 7) is 4.44. The third-order valence-electron chi connectivity index (χ3n) is 3.40. The average molecular weight is 332 g/mol. The molecule has 2 rings (SSSR count). The van der Waals surface area contributed by atoms with Crippen molar-refractivity contribution in [3.8, 4) is 0 Å². The van der Waals surface area contributed by atoms with Crippen LogP contribution in [-0.2, 0) is 4.79 Å². The van der Waals surface area contributed by atoms with Gasteiger partial charge in [-0.15, -0.1) is 12.4 Å². The minimum atomic E-state index is -0.116. The quantitative estimate of drug-likeness (QED) is 0.914. The molecule has 7 heteroatoms. The fourth-order valence-electron chi connectivity index (χ4n) is 2.34. The summed E-state index contributed by atoms with van der Waals surface area (Å²) in [5.41, 5.74) is 6.41. The summed E-state index contributed by atoms with van der Waals surface area (Å²) in [6.07, 6.45) is 1.19. The van der Waals surface area contributed by atoms with Gasteiger partial charge in [0, 0.05) is 44.0 Å². The van der Waals surface area contributed by atoms with Gasteiger partial charge in [-0.3, -0.25) is 9.59 Å². The van der Waals surface area contributed by atoms with E-state index in [9.17, 15) is 9.59 Å². The molecule has 5 nitrogen and oxygen atoms in total. The number of nitrogens with two attached hydrogens (primary N) is 1. The van der Waals surface area contributed by atoms with Crippen LogP contribution in [-0.4, -0.2) is 53.8 Å². The molecule has 0 bridgehead atoms. The number of rotatable bonds is 3. The standard InChI is InChI=1S/C14H21N3O2S.ClH/c1-11(15)9-13(18)16-4-2-5-17(7-6-16)14(19)12-3-8-20-10-12;/h3,8,10-11H,2,4-7,9,15H2,1H3;1H. The van der Waals surface area contributed by atoms with E-state index < -0.39 is 0 Å². The van der Waals surface area contributed by atoms with Gasteiger partial charge in [0.05, 0.1) is 5.56 Å². The summed E-state index contributed by atoms with van der Waals surface area (Å²) < 4.78 is 0. The lowest BCUT2D eigenvalue weighted by atomic mass is 10.2. The Morgan fingerprint density at radius 3 is 2.57 bits per heavy atom. The Labute approximate surface area is 135 Å². The molecular formula is C14H22ClN3O2S. The maximum Gasteiger partial charge on any atom is 0.254 e. The number of hydrogen-bond donors (Lipinski definition) is 1. The first-order valence-electron chi connectivity index (χ1n) is 6.92. The Balaban J connectivity index is 0.00000220. The molecule has 1 saturated heterocycles. The van der Waals surface area contributed by atoms with E-state index in [1.807, 2.05) is 33.6 Å². The highest BCUT2D eigenvalue weighted by atomic mass is 35.5. The summed E-state index contributed by atoms with van der Waals surface area (Å²) in [5, 5.41) is 3.77. The zero-order valence-corrected chi connectivity index (χ0v) is 13.8. The number of hydrogen-bond acceptors (Lipinski definition) is 4. The Bertz CT molecular complexity index is 465. The number of carbonyl (C=O) groups excluding carboxylic acids is 2. The van der Waals surface area contributed by atoms with E-state index in [2.05, 4.69) is 0 Å². The molecule has 118 valence electrons. The number of halogens is 1. The van der Waals surface area contributed by atoms with Crippen molar-refractivity contribution in [3.63, 3.8) is 0 Å². The normalized spacial score (nSPS) is 16.9. The molecule has 0 aliphatic carbocycles. The van der Waals surface area contributed by atoms with Gasteiger partial charge < -0.3 is 15.5 Å². The van der Waals surface area contributed by atoms with Crippen LogP contribution in [0, 0.1) is 0 Å². The maximum absolute atomic E-state index is 12.3. The second-order valence-corrected chi connectivity index (χ2v) is 6.00. The third-order valence-corrected chi connectivity index (χ3v) is 4.08. The Hall–Kier alpha value is -1.11. The van der Waals surface area contributed by atoms with E-state index in [1.165, 1.54) is 11.3 Å². The summed E-state index contributed by atoms with van der Waals surface area (Å²) in [6, 6.07) is 1.73. The summed E-state index contributed by atoms with van der Waals surface area (Å²) in [7, 11) is 0. The molecule has 1 atom stereocenters. The van der Waals surface area contributed by atoms with Gasteiger partial charge in [-0.1, -0.05) is 0 Å². The van der Waals surface area contributed by atoms with Crippen molar-refractivity contribution in [2.24, 2.45) is 5.73 Å². The summed E-state index contributed by atoms with van der Waals surface area (Å²) in [4.78, 5) is 27.9. The van der Waals surface area contributed by atoms with Gasteiger partial charge in [0.1, 0.15) is 0 Å². The minimum Gasteiger partial charge on any atom is -0.341 e. The number of nitrogens with zero attached hydrogens (tertiary/aromatic N) is 2. The highest BCUT2D eigenvalue weighted by Crippen LogP contribution is 2.12. The van der Waals surface area contributed by atoms with E-state index in [-0.39, 0.29) is 30.3 Å². The molecule has 0 radical (unpaired) electrons. The van der Waals surface area contributed by atoms with Crippen LogP contribution in [0.25, 0.3) is 0 Å². The van der Waals surface area contributed by atoms with Gasteiger partial charge in [0.15, 0.2) is 0 Å². The molecule has 1 aliphatic rings. The molecule has 2 heterocycles. The van der Waals surface area contributed by atoms with Crippen molar-refractivity contribution in [2.45, 2.75) is 25.8 Å². The fraction of sp³-hybridized carbons (Fsp3) is 0.571. The van der Waals surface area contributed by atoms with E-state index in [4.69, 9.17) is 5.73 Å². The van der Waals surface area contributed by atoms with E-state index in [0.29, 0.717) is 32.6 Å². The molecule has 0 aromatic carbocycles. The highest BCUT2D eigenvalue weighted by molar-refractivity contribution is 7.08. The van der Waals surface area contributed by atoms with Crippen molar-refractivity contribution in [3.05, 3.63) is 22.4 Å². The van der Waals surface area contributed by atoms with Crippen LogP contribution in [0.15, 0.2) is 16.8 Å². The molecule has 1 unspecified atom stereocenters. The van der Waals surface area contributed by atoms with Crippen LogP contribution in [0.3, 0.4) is 0 Å². The largest absolute Gasteiger partial charge is 0.341 e. The van der Waals surface area contributed by atoms with Gasteiger partial charge in [0.25, 0.3) is 5.91 Å². The molecule has 2 N–H and O–H groups in total. The first-order chi connectivity index (χ1) is 9.58. The topological polar surface area (TPSA) is 66.6 Å². The molecule has 1 aliphatic heterocycles. The van der Waals surface area contributed by atoms with Crippen molar-refractivity contribution in [1.29, 1.82) is 0 Å². The molecule has 1 fully saturated rings. The van der Waals surface area contributed by atoms with Crippen LogP contribution >= 0.6 is 23.7 Å². The fourth-order valence-corrected chi connectivity index (χ4v) is 2.97. The van der Waals surface area contributed by atoms with Crippen molar-refractivity contribution < 1.29 is 9.59 Å². The Morgan fingerprint density at radius 1 is 1.29 bits per heavy atom. The van der Waals surface area contributed by atoms with Gasteiger partial charge >= 0.3 is 0 Å². The molecular weight excluding hydrogens is 310 g/mol. The first kappa shape index (κ1) is 17.9. The lowest BCUT2D eigenvalue weighted by Crippen LogP contribution is -2.38. The van der Waals surface area contributed by atoms with Gasteiger partial charge in [-0.05, 0) is 24.8 Å². The van der Waals surface area contributed by atoms with Crippen molar-refractivity contribution in [1.82, 2.24) is 9.80 Å². The van der Waals surface area contributed by atoms with E-state index in [0.717, 1.165) is 12.0 Å². The molecule has 1 aromatic rings. The molecule has 0 saturated carbocycles. The van der Waals surface area contributed by atoms with Crippen molar-refractivity contribution >= 4 is 35.6 Å². The summed E-state index contributed by atoms with van der Waals surface area (Å²) >= 11 is 1.52. The first-order valence-corrected chi connectivity index (χ1v) is 7.87. The van der Waals surface area contributed by atoms with Crippen LogP contribution in [0.1, 0.15) is 30.1 Å². The highest BCUT2D eigenvalue weighted by Gasteiger charge is 2.23. The van der Waals surface area contributed by atoms with Gasteiger partial charge in [0.2, 0.25) is 5.91 Å². The summed E-state index contributed by atoms with van der Waals surface area (Å²) in [5.74, 6) is 0.151. The zero-order chi connectivity index (χ0) is 14.5. The predicted molar refractivity (Wildman–Crippen MR) is 86.9 cm³/mol. The molecule has 21 heavy (non-hydrogen) atoms. The second kappa shape index (κ2) is 8.36. The molecule has 0 spiro atoms. The zero-order valence-electron chi connectivity index (χ0n) is 12.2. The van der Waals surface area contributed by atoms with Crippen LogP contribution in [0.2, 0.25) is 0 Å². The number of carbonyl (C=O) groups is 2. The molecule has 1 aromatic heterocycles. The van der Waals surface area contributed by atoms with Crippen LogP contribution in [0.4, 0.5) is 0 Å². The van der Waals surface area contributed by atoms with Crippen molar-refractivity contribution in [2.75, 3.05) is 26.2 Å². The average Bonchev–Trinajstić information content (AvgIpc) is 2.81. The SMILES string of the molecule is CC(N)CC(=O)N1CCCN(C(=O)c2ccsc2)CC1.Cl. The predicted octanol–water partition coefficient (Wildman–Crippen LogP) is 1.58. The van der Waals surface area contributed by atoms with Gasteiger partial charge in [-0.25, -0.2) is 0 Å². The Kier molecular flexibility index (Phi) is 7.14. The molecule has 2 amide bonds.